The Bertz CT molecular complexity index is 699. The van der Waals surface area contributed by atoms with Crippen LogP contribution in [-0.2, 0) is 11.8 Å². The summed E-state index contributed by atoms with van der Waals surface area (Å²) < 4.78 is 0. The minimum Gasteiger partial charge on any atom is -0.294 e. The standard InChI is InChI=1S/C18H16O/c1-12-5-4-7-14-16(19)11-18(17(12)14)10-9-13-6-2-3-8-15(13)18/h2-8H,9-11H2,1H3. The lowest BCUT2D eigenvalue weighted by molar-refractivity contribution is 0.0979. The monoisotopic (exact) mass is 248 g/mol. The Kier molecular flexibility index (Phi) is 2.06. The molecule has 0 aliphatic heterocycles. The lowest BCUT2D eigenvalue weighted by atomic mass is 9.75. The average Bonchev–Trinajstić information content (AvgIpc) is 2.92. The molecule has 1 spiro atoms. The van der Waals surface area contributed by atoms with Crippen LogP contribution in [0.2, 0.25) is 0 Å². The number of benzene rings is 2. The maximum Gasteiger partial charge on any atom is 0.164 e. The van der Waals surface area contributed by atoms with Crippen LogP contribution in [0.5, 0.6) is 0 Å². The zero-order chi connectivity index (χ0) is 13.0. The highest BCUT2D eigenvalue weighted by Gasteiger charge is 2.48. The van der Waals surface area contributed by atoms with Crippen molar-refractivity contribution in [1.82, 2.24) is 0 Å². The fourth-order valence-electron chi connectivity index (χ4n) is 4.12. The molecule has 2 aromatic rings. The van der Waals surface area contributed by atoms with Gasteiger partial charge in [-0.2, -0.15) is 0 Å². The minimum atomic E-state index is -0.0334. The van der Waals surface area contributed by atoms with Gasteiger partial charge in [0.1, 0.15) is 0 Å². The van der Waals surface area contributed by atoms with Crippen molar-refractivity contribution in [2.75, 3.05) is 0 Å². The molecule has 19 heavy (non-hydrogen) atoms. The van der Waals surface area contributed by atoms with Crippen LogP contribution in [0.25, 0.3) is 0 Å². The normalized spacial score (nSPS) is 23.7. The van der Waals surface area contributed by atoms with E-state index in [0.717, 1.165) is 18.4 Å². The molecule has 0 heterocycles. The smallest absolute Gasteiger partial charge is 0.164 e. The van der Waals surface area contributed by atoms with Crippen molar-refractivity contribution >= 4 is 5.78 Å². The van der Waals surface area contributed by atoms with Crippen LogP contribution < -0.4 is 0 Å². The first-order valence-corrected chi connectivity index (χ1v) is 6.94. The molecule has 0 amide bonds. The van der Waals surface area contributed by atoms with Gasteiger partial charge in [0.25, 0.3) is 0 Å². The number of hydrogen-bond acceptors (Lipinski definition) is 1. The maximum atomic E-state index is 12.4. The Hall–Kier alpha value is -1.89. The second kappa shape index (κ2) is 3.57. The van der Waals surface area contributed by atoms with E-state index in [-0.39, 0.29) is 5.41 Å². The minimum absolute atomic E-state index is 0.0334. The summed E-state index contributed by atoms with van der Waals surface area (Å²) in [6.45, 7) is 2.14. The van der Waals surface area contributed by atoms with Crippen molar-refractivity contribution in [2.45, 2.75) is 31.6 Å². The summed E-state index contributed by atoms with van der Waals surface area (Å²) >= 11 is 0. The van der Waals surface area contributed by atoms with Gasteiger partial charge in [-0.05, 0) is 42.0 Å². The first-order valence-electron chi connectivity index (χ1n) is 6.94. The lowest BCUT2D eigenvalue weighted by Crippen LogP contribution is -2.22. The maximum absolute atomic E-state index is 12.4. The van der Waals surface area contributed by atoms with Crippen molar-refractivity contribution in [2.24, 2.45) is 0 Å². The molecule has 94 valence electrons. The molecule has 0 fully saturated rings. The Balaban J connectivity index is 2.05. The Morgan fingerprint density at radius 3 is 2.79 bits per heavy atom. The third kappa shape index (κ3) is 1.28. The number of fused-ring (bicyclic) bond motifs is 4. The molecular formula is C18H16O. The Morgan fingerprint density at radius 1 is 1.05 bits per heavy atom. The highest BCUT2D eigenvalue weighted by atomic mass is 16.1. The molecule has 0 N–H and O–H groups in total. The van der Waals surface area contributed by atoms with Crippen LogP contribution in [0.1, 0.15) is 45.5 Å². The van der Waals surface area contributed by atoms with Gasteiger partial charge in [-0.25, -0.2) is 0 Å². The van der Waals surface area contributed by atoms with Crippen molar-refractivity contribution in [3.8, 4) is 0 Å². The average molecular weight is 248 g/mol. The number of carbonyl (C=O) groups is 1. The van der Waals surface area contributed by atoms with Crippen molar-refractivity contribution in [3.05, 3.63) is 70.3 Å². The molecule has 2 aliphatic carbocycles. The summed E-state index contributed by atoms with van der Waals surface area (Å²) in [5.41, 5.74) is 6.29. The molecule has 0 radical (unpaired) electrons. The first-order chi connectivity index (χ1) is 9.22. The van der Waals surface area contributed by atoms with Crippen LogP contribution in [-0.4, -0.2) is 5.78 Å². The molecular weight excluding hydrogens is 232 g/mol. The van der Waals surface area contributed by atoms with Gasteiger partial charge in [0, 0.05) is 17.4 Å². The van der Waals surface area contributed by atoms with E-state index in [4.69, 9.17) is 0 Å². The molecule has 4 rings (SSSR count). The molecule has 2 aromatic carbocycles. The largest absolute Gasteiger partial charge is 0.294 e. The zero-order valence-corrected chi connectivity index (χ0v) is 11.1. The van der Waals surface area contributed by atoms with Gasteiger partial charge >= 0.3 is 0 Å². The highest BCUT2D eigenvalue weighted by Crippen LogP contribution is 2.52. The summed E-state index contributed by atoms with van der Waals surface area (Å²) in [7, 11) is 0. The van der Waals surface area contributed by atoms with Gasteiger partial charge in [-0.1, -0.05) is 42.5 Å². The first kappa shape index (κ1) is 11.0. The van der Waals surface area contributed by atoms with Crippen LogP contribution in [0.3, 0.4) is 0 Å². The SMILES string of the molecule is Cc1cccc2c1C1(CCc3ccccc31)CC2=O. The fraction of sp³-hybridized carbons (Fsp3) is 0.278. The van der Waals surface area contributed by atoms with Gasteiger partial charge < -0.3 is 0 Å². The van der Waals surface area contributed by atoms with Crippen molar-refractivity contribution < 1.29 is 4.79 Å². The van der Waals surface area contributed by atoms with E-state index < -0.39 is 0 Å². The number of hydrogen-bond donors (Lipinski definition) is 0. The van der Waals surface area contributed by atoms with E-state index >= 15 is 0 Å². The van der Waals surface area contributed by atoms with E-state index in [1.165, 1.54) is 22.3 Å². The summed E-state index contributed by atoms with van der Waals surface area (Å²) in [6.07, 6.45) is 2.83. The molecule has 1 nitrogen and oxygen atoms in total. The van der Waals surface area contributed by atoms with Gasteiger partial charge in [-0.3, -0.25) is 4.79 Å². The molecule has 0 saturated carbocycles. The van der Waals surface area contributed by atoms with Gasteiger partial charge in [-0.15, -0.1) is 0 Å². The van der Waals surface area contributed by atoms with Gasteiger partial charge in [0.2, 0.25) is 0 Å². The number of rotatable bonds is 0. The zero-order valence-electron chi connectivity index (χ0n) is 11.1. The van der Waals surface area contributed by atoms with Gasteiger partial charge in [0.15, 0.2) is 5.78 Å². The van der Waals surface area contributed by atoms with Crippen LogP contribution in [0.15, 0.2) is 42.5 Å². The molecule has 1 atom stereocenters. The van der Waals surface area contributed by atoms with Crippen LogP contribution in [0.4, 0.5) is 0 Å². The van der Waals surface area contributed by atoms with Crippen molar-refractivity contribution in [1.29, 1.82) is 0 Å². The van der Waals surface area contributed by atoms with E-state index in [9.17, 15) is 4.79 Å². The van der Waals surface area contributed by atoms with E-state index in [1.807, 2.05) is 12.1 Å². The fourth-order valence-corrected chi connectivity index (χ4v) is 4.12. The molecule has 1 heteroatoms. The summed E-state index contributed by atoms with van der Waals surface area (Å²) in [5.74, 6) is 0.315. The molecule has 0 bridgehead atoms. The topological polar surface area (TPSA) is 17.1 Å². The number of ketones is 1. The molecule has 2 aliphatic rings. The van der Waals surface area contributed by atoms with Gasteiger partial charge in [0.05, 0.1) is 0 Å². The molecule has 0 aromatic heterocycles. The summed E-state index contributed by atoms with van der Waals surface area (Å²) in [5, 5.41) is 0. The Morgan fingerprint density at radius 2 is 1.89 bits per heavy atom. The highest BCUT2D eigenvalue weighted by molar-refractivity contribution is 6.03. The predicted molar refractivity (Wildman–Crippen MR) is 75.7 cm³/mol. The van der Waals surface area contributed by atoms with Crippen LogP contribution in [0, 0.1) is 6.92 Å². The second-order valence-corrected chi connectivity index (χ2v) is 5.84. The number of aryl methyl sites for hydroxylation is 2. The van der Waals surface area contributed by atoms with Crippen molar-refractivity contribution in [3.63, 3.8) is 0 Å². The van der Waals surface area contributed by atoms with Crippen LogP contribution >= 0.6 is 0 Å². The van der Waals surface area contributed by atoms with E-state index in [0.29, 0.717) is 12.2 Å². The molecule has 0 saturated heterocycles. The second-order valence-electron chi connectivity index (χ2n) is 5.84. The molecule has 1 unspecified atom stereocenters. The summed E-state index contributed by atoms with van der Waals surface area (Å²) in [6, 6.07) is 14.8. The summed E-state index contributed by atoms with van der Waals surface area (Å²) in [4.78, 5) is 12.4. The number of Topliss-reactive ketones (excluding diaryl/α,β-unsaturated/α-hetero) is 1. The predicted octanol–water partition coefficient (Wildman–Crippen LogP) is 3.81. The third-order valence-corrected chi connectivity index (χ3v) is 4.87. The lowest BCUT2D eigenvalue weighted by Gasteiger charge is -2.27. The van der Waals surface area contributed by atoms with E-state index in [1.54, 1.807) is 0 Å². The number of carbonyl (C=O) groups excluding carboxylic acids is 1. The third-order valence-electron chi connectivity index (χ3n) is 4.87. The quantitative estimate of drug-likeness (QED) is 0.692. The van der Waals surface area contributed by atoms with E-state index in [2.05, 4.69) is 37.3 Å². The Labute approximate surface area is 113 Å².